The molecule has 138 valence electrons. The third-order valence-corrected chi connectivity index (χ3v) is 5.46. The molecule has 1 amide bonds. The third kappa shape index (κ3) is 3.09. The fourth-order valence-corrected chi connectivity index (χ4v) is 3.94. The largest absolute Gasteiger partial charge is 0.490 e. The van der Waals surface area contributed by atoms with E-state index in [0.29, 0.717) is 23.8 Å². The number of primary amides is 1. The molecule has 0 radical (unpaired) electrons. The maximum atomic E-state index is 11.8. The van der Waals surface area contributed by atoms with Crippen molar-refractivity contribution in [2.24, 2.45) is 17.1 Å². The fraction of sp³-hybridized carbons (Fsp3) is 0.500. The van der Waals surface area contributed by atoms with Crippen molar-refractivity contribution in [3.8, 4) is 11.6 Å². The van der Waals surface area contributed by atoms with Gasteiger partial charge in [-0.05, 0) is 62.7 Å². The van der Waals surface area contributed by atoms with E-state index in [1.165, 1.54) is 12.8 Å². The second kappa shape index (κ2) is 6.43. The number of carbonyl (C=O) groups excluding carboxylic acids is 1. The molecule has 0 unspecified atom stereocenters. The van der Waals surface area contributed by atoms with E-state index < -0.39 is 5.91 Å². The molecule has 3 N–H and O–H groups in total. The molecule has 0 bridgehead atoms. The first-order valence-electron chi connectivity index (χ1n) is 9.21. The maximum Gasteiger partial charge on any atom is 0.252 e. The second-order valence-electron chi connectivity index (χ2n) is 7.73. The smallest absolute Gasteiger partial charge is 0.252 e. The second-order valence-corrected chi connectivity index (χ2v) is 7.73. The number of hydrogen-bond donors (Lipinski definition) is 2. The van der Waals surface area contributed by atoms with Gasteiger partial charge in [0.05, 0.1) is 18.3 Å². The van der Waals surface area contributed by atoms with Crippen LogP contribution in [0.5, 0.6) is 11.6 Å². The van der Waals surface area contributed by atoms with Crippen LogP contribution in [0.15, 0.2) is 24.4 Å². The van der Waals surface area contributed by atoms with Crippen molar-refractivity contribution in [3.05, 3.63) is 30.0 Å². The molecular weight excluding hydrogens is 330 g/mol. The number of rotatable bonds is 6. The van der Waals surface area contributed by atoms with Gasteiger partial charge >= 0.3 is 0 Å². The van der Waals surface area contributed by atoms with Crippen molar-refractivity contribution in [1.82, 2.24) is 10.3 Å². The van der Waals surface area contributed by atoms with E-state index in [0.717, 1.165) is 29.8 Å². The van der Waals surface area contributed by atoms with Crippen LogP contribution < -0.4 is 20.5 Å². The molecule has 26 heavy (non-hydrogen) atoms. The number of ether oxygens (including phenoxy) is 2. The molecule has 0 spiro atoms. The number of amides is 1. The topological polar surface area (TPSA) is 86.5 Å². The van der Waals surface area contributed by atoms with Crippen LogP contribution in [0.3, 0.4) is 0 Å². The summed E-state index contributed by atoms with van der Waals surface area (Å²) in [6.07, 6.45) is 4.08. The van der Waals surface area contributed by atoms with Gasteiger partial charge in [0, 0.05) is 23.5 Å². The van der Waals surface area contributed by atoms with Gasteiger partial charge in [-0.2, -0.15) is 0 Å². The molecule has 6 heteroatoms. The van der Waals surface area contributed by atoms with E-state index in [1.54, 1.807) is 12.3 Å². The highest BCUT2D eigenvalue weighted by Gasteiger charge is 2.55. The number of hydrogen-bond acceptors (Lipinski definition) is 5. The molecule has 6 nitrogen and oxygen atoms in total. The molecule has 2 aromatic rings. The summed E-state index contributed by atoms with van der Waals surface area (Å²) in [6.45, 7) is 6.60. The van der Waals surface area contributed by atoms with Crippen molar-refractivity contribution in [2.75, 3.05) is 19.7 Å². The number of piperidine rings is 1. The Hall–Kier alpha value is -2.34. The van der Waals surface area contributed by atoms with Crippen LogP contribution in [0.1, 0.15) is 37.0 Å². The summed E-state index contributed by atoms with van der Waals surface area (Å²) in [5.41, 5.74) is 6.16. The Morgan fingerprint density at radius 3 is 3.04 bits per heavy atom. The van der Waals surface area contributed by atoms with Gasteiger partial charge in [-0.1, -0.05) is 0 Å². The Morgan fingerprint density at radius 1 is 1.46 bits per heavy atom. The van der Waals surface area contributed by atoms with Crippen LogP contribution >= 0.6 is 0 Å². The molecule has 2 atom stereocenters. The van der Waals surface area contributed by atoms with E-state index in [1.807, 2.05) is 26.0 Å². The number of nitrogens with one attached hydrogen (secondary N) is 1. The average molecular weight is 355 g/mol. The zero-order chi connectivity index (χ0) is 18.3. The number of benzene rings is 1. The Kier molecular flexibility index (Phi) is 4.23. The molecule has 2 fully saturated rings. The number of aromatic nitrogens is 1. The van der Waals surface area contributed by atoms with Gasteiger partial charge in [-0.3, -0.25) is 4.79 Å². The lowest BCUT2D eigenvalue weighted by molar-refractivity contribution is 0.0994. The van der Waals surface area contributed by atoms with Crippen molar-refractivity contribution in [1.29, 1.82) is 0 Å². The molecule has 4 rings (SSSR count). The van der Waals surface area contributed by atoms with Gasteiger partial charge in [0.15, 0.2) is 0 Å². The first-order chi connectivity index (χ1) is 12.5. The summed E-state index contributed by atoms with van der Waals surface area (Å²) >= 11 is 0. The molecule has 1 saturated heterocycles. The van der Waals surface area contributed by atoms with Gasteiger partial charge in [0.25, 0.3) is 5.91 Å². The summed E-state index contributed by atoms with van der Waals surface area (Å²) in [5.74, 6) is 1.31. The summed E-state index contributed by atoms with van der Waals surface area (Å²) in [5, 5.41) is 5.17. The number of carbonyl (C=O) groups is 1. The first kappa shape index (κ1) is 17.1. The van der Waals surface area contributed by atoms with Crippen LogP contribution in [-0.2, 0) is 0 Å². The monoisotopic (exact) mass is 355 g/mol. The van der Waals surface area contributed by atoms with Crippen LogP contribution in [0.4, 0.5) is 0 Å². The third-order valence-electron chi connectivity index (χ3n) is 5.46. The predicted molar refractivity (Wildman–Crippen MR) is 99.5 cm³/mol. The van der Waals surface area contributed by atoms with E-state index >= 15 is 0 Å². The lowest BCUT2D eigenvalue weighted by atomic mass is 10.00. The Morgan fingerprint density at radius 2 is 2.31 bits per heavy atom. The van der Waals surface area contributed by atoms with Crippen molar-refractivity contribution in [3.63, 3.8) is 0 Å². The van der Waals surface area contributed by atoms with E-state index in [-0.39, 0.29) is 11.5 Å². The minimum atomic E-state index is -0.505. The lowest BCUT2D eigenvalue weighted by Crippen LogP contribution is -2.35. The number of pyridine rings is 1. The Balaban J connectivity index is 1.65. The van der Waals surface area contributed by atoms with Crippen LogP contribution in [0.2, 0.25) is 0 Å². The first-order valence-corrected chi connectivity index (χ1v) is 9.21. The van der Waals surface area contributed by atoms with E-state index in [9.17, 15) is 4.79 Å². The van der Waals surface area contributed by atoms with Gasteiger partial charge in [-0.25, -0.2) is 4.98 Å². The molecule has 1 aromatic carbocycles. The summed E-state index contributed by atoms with van der Waals surface area (Å²) in [6, 6.07) is 5.43. The van der Waals surface area contributed by atoms with Gasteiger partial charge < -0.3 is 20.5 Å². The molecule has 1 aliphatic heterocycles. The summed E-state index contributed by atoms with van der Waals surface area (Å²) in [4.78, 5) is 16.2. The maximum absolute atomic E-state index is 11.8. The highest BCUT2D eigenvalue weighted by atomic mass is 16.5. The molecule has 2 heterocycles. The minimum Gasteiger partial charge on any atom is -0.490 e. The van der Waals surface area contributed by atoms with Crippen molar-refractivity contribution in [2.45, 2.75) is 32.8 Å². The summed E-state index contributed by atoms with van der Waals surface area (Å²) < 4.78 is 11.9. The quantitative estimate of drug-likeness (QED) is 0.831. The molecular formula is C20H25N3O3. The molecule has 1 saturated carbocycles. The van der Waals surface area contributed by atoms with Gasteiger partial charge in [0.2, 0.25) is 5.88 Å². The molecule has 1 aromatic heterocycles. The molecule has 2 aliphatic rings. The predicted octanol–water partition coefficient (Wildman–Crippen LogP) is 2.50. The van der Waals surface area contributed by atoms with Crippen LogP contribution in [0, 0.1) is 11.3 Å². The van der Waals surface area contributed by atoms with Gasteiger partial charge in [-0.15, -0.1) is 0 Å². The average Bonchev–Trinajstić information content (AvgIpc) is 3.33. The van der Waals surface area contributed by atoms with Crippen LogP contribution in [-0.4, -0.2) is 36.7 Å². The summed E-state index contributed by atoms with van der Waals surface area (Å²) in [7, 11) is 0. The zero-order valence-electron chi connectivity index (χ0n) is 15.2. The van der Waals surface area contributed by atoms with Crippen molar-refractivity contribution >= 4 is 16.7 Å². The van der Waals surface area contributed by atoms with Crippen LogP contribution in [0.25, 0.3) is 10.8 Å². The minimum absolute atomic E-state index is 0.0639. The standard InChI is InChI=1S/C20H25N3O3/c1-12(2)26-17-8-15-13(7-16(17)18(21)24)3-6-23-19(15)25-11-20-9-14(20)4-5-22-10-20/h3,6-8,12,14,22H,4-5,9-11H2,1-2H3,(H2,21,24)/t14-,20-/m1/s1. The number of fused-ring (bicyclic) bond motifs is 2. The van der Waals surface area contributed by atoms with E-state index in [2.05, 4.69) is 10.3 Å². The normalized spacial score (nSPS) is 24.3. The number of nitrogens with two attached hydrogens (primary N) is 1. The van der Waals surface area contributed by atoms with E-state index in [4.69, 9.17) is 15.2 Å². The van der Waals surface area contributed by atoms with Crippen molar-refractivity contribution < 1.29 is 14.3 Å². The highest BCUT2D eigenvalue weighted by Crippen LogP contribution is 2.55. The highest BCUT2D eigenvalue weighted by molar-refractivity contribution is 6.01. The fourth-order valence-electron chi connectivity index (χ4n) is 3.94. The molecule has 1 aliphatic carbocycles. The Labute approximate surface area is 153 Å². The number of nitrogens with zero attached hydrogens (tertiary/aromatic N) is 1. The van der Waals surface area contributed by atoms with Gasteiger partial charge in [0.1, 0.15) is 5.75 Å². The lowest BCUT2D eigenvalue weighted by Gasteiger charge is -2.23. The SMILES string of the molecule is CC(C)Oc1cc2c(OC[C@@]34CNCC[C@@H]3C4)nccc2cc1C(N)=O. The Bertz CT molecular complexity index is 852. The zero-order valence-corrected chi connectivity index (χ0v) is 15.2.